The molecule has 1 N–H and O–H groups in total. The summed E-state index contributed by atoms with van der Waals surface area (Å²) in [5, 5.41) is 5.67. The second kappa shape index (κ2) is 13.6. The van der Waals surface area contributed by atoms with Gasteiger partial charge in [-0.2, -0.15) is 31.4 Å². The van der Waals surface area contributed by atoms with E-state index >= 15 is 8.78 Å². The number of amides is 1. The number of halogens is 8. The van der Waals surface area contributed by atoms with Crippen LogP contribution in [0, 0.1) is 11.6 Å². The highest BCUT2D eigenvalue weighted by atomic mass is 19.4. The Kier molecular flexibility index (Phi) is 9.90. The number of morpholine rings is 1. The minimum absolute atomic E-state index is 0.0551. The van der Waals surface area contributed by atoms with Gasteiger partial charge in [0.1, 0.15) is 35.0 Å². The fraction of sp³-hybridized carbons (Fsp3) is 0.419. The molecule has 2 aliphatic rings. The number of carbonyl (C=O) groups is 2. The lowest BCUT2D eigenvalue weighted by Gasteiger charge is -2.38. The maximum absolute atomic E-state index is 15.2. The number of nitrogens with one attached hydrogen (secondary N) is 1. The van der Waals surface area contributed by atoms with Gasteiger partial charge < -0.3 is 24.4 Å². The van der Waals surface area contributed by atoms with Crippen LogP contribution in [0.3, 0.4) is 0 Å². The fourth-order valence-corrected chi connectivity index (χ4v) is 5.84. The number of anilines is 1. The number of ether oxygens (including phenoxy) is 3. The van der Waals surface area contributed by atoms with Gasteiger partial charge >= 0.3 is 18.3 Å². The highest BCUT2D eigenvalue weighted by Gasteiger charge is 2.46. The number of benzene rings is 2. The van der Waals surface area contributed by atoms with Crippen LogP contribution in [0.1, 0.15) is 33.5 Å². The van der Waals surface area contributed by atoms with Crippen molar-refractivity contribution in [3.8, 4) is 16.9 Å². The van der Waals surface area contributed by atoms with E-state index < -0.39 is 82.5 Å². The van der Waals surface area contributed by atoms with E-state index in [0.717, 1.165) is 11.8 Å². The molecule has 10 nitrogen and oxygen atoms in total. The molecule has 0 aliphatic carbocycles. The van der Waals surface area contributed by atoms with E-state index in [0.29, 0.717) is 35.2 Å². The van der Waals surface area contributed by atoms with Crippen molar-refractivity contribution >= 4 is 17.6 Å². The quantitative estimate of drug-likeness (QED) is 0.286. The fourth-order valence-electron chi connectivity index (χ4n) is 5.84. The van der Waals surface area contributed by atoms with Crippen LogP contribution < -0.4 is 20.5 Å². The average molecular weight is 705 g/mol. The zero-order valence-corrected chi connectivity index (χ0v) is 25.8. The molecule has 0 unspecified atom stereocenters. The molecule has 1 aromatic heterocycles. The maximum atomic E-state index is 15.2. The predicted octanol–water partition coefficient (Wildman–Crippen LogP) is 4.35. The van der Waals surface area contributed by atoms with Crippen LogP contribution in [0.15, 0.2) is 35.3 Å². The molecule has 3 aromatic rings. The monoisotopic (exact) mass is 704 g/mol. The number of nitrogens with zero attached hydrogens (tertiary/aromatic N) is 3. The van der Waals surface area contributed by atoms with E-state index in [1.165, 1.54) is 19.2 Å². The van der Waals surface area contributed by atoms with Crippen LogP contribution in [-0.2, 0) is 40.3 Å². The minimum atomic E-state index is -4.94. The molecule has 2 atom stereocenters. The van der Waals surface area contributed by atoms with Gasteiger partial charge in [-0.05, 0) is 36.1 Å². The second-order valence-corrected chi connectivity index (χ2v) is 11.3. The minimum Gasteiger partial charge on any atom is -0.493 e. The summed E-state index contributed by atoms with van der Waals surface area (Å²) in [7, 11) is 2.16. The number of aryl methyl sites for hydroxylation is 1. The van der Waals surface area contributed by atoms with Gasteiger partial charge in [-0.15, -0.1) is 0 Å². The number of hydrogen-bond donors (Lipinski definition) is 1. The SMILES string of the molecule is COC(=O)[C@H](Cc1ccc(-c2c(C(F)(F)F)cnn(C)c2=O)c2c1CCCO2)NC(=O)c1c(F)cc(N2CCOC[C@@H]2C(F)(F)F)cc1F. The molecule has 1 fully saturated rings. The summed E-state index contributed by atoms with van der Waals surface area (Å²) in [6, 6.07) is -0.118. The van der Waals surface area contributed by atoms with Crippen molar-refractivity contribution in [2.24, 2.45) is 7.05 Å². The Morgan fingerprint density at radius 1 is 1.10 bits per heavy atom. The second-order valence-electron chi connectivity index (χ2n) is 11.3. The number of hydrogen-bond acceptors (Lipinski definition) is 8. The Morgan fingerprint density at radius 3 is 2.43 bits per heavy atom. The van der Waals surface area contributed by atoms with E-state index in [1.54, 1.807) is 0 Å². The third-order valence-corrected chi connectivity index (χ3v) is 8.19. The number of rotatable bonds is 7. The smallest absolute Gasteiger partial charge is 0.418 e. The third-order valence-electron chi connectivity index (χ3n) is 8.19. The molecule has 49 heavy (non-hydrogen) atoms. The van der Waals surface area contributed by atoms with Crippen LogP contribution in [0.4, 0.5) is 40.8 Å². The maximum Gasteiger partial charge on any atom is 0.418 e. The van der Waals surface area contributed by atoms with Crippen LogP contribution in [0.5, 0.6) is 5.75 Å². The third kappa shape index (κ3) is 7.18. The summed E-state index contributed by atoms with van der Waals surface area (Å²) in [6.07, 6.45) is -8.95. The Morgan fingerprint density at radius 2 is 1.80 bits per heavy atom. The van der Waals surface area contributed by atoms with Gasteiger partial charge in [0.25, 0.3) is 11.5 Å². The molecule has 0 bridgehead atoms. The lowest BCUT2D eigenvalue weighted by Crippen LogP contribution is -2.53. The van der Waals surface area contributed by atoms with Gasteiger partial charge in [-0.25, -0.2) is 18.3 Å². The number of fused-ring (bicyclic) bond motifs is 1. The summed E-state index contributed by atoms with van der Waals surface area (Å²) >= 11 is 0. The number of alkyl halides is 6. The summed E-state index contributed by atoms with van der Waals surface area (Å²) < 4.78 is 129. The number of methoxy groups -OCH3 is 1. The number of aromatic nitrogens is 2. The first-order valence-corrected chi connectivity index (χ1v) is 14.7. The molecular formula is C31H28F8N4O6. The average Bonchev–Trinajstić information content (AvgIpc) is 3.04. The van der Waals surface area contributed by atoms with Gasteiger partial charge in [0, 0.05) is 31.3 Å². The van der Waals surface area contributed by atoms with Crippen LogP contribution in [0.2, 0.25) is 0 Å². The first-order chi connectivity index (χ1) is 23.0. The zero-order valence-electron chi connectivity index (χ0n) is 25.8. The summed E-state index contributed by atoms with van der Waals surface area (Å²) in [5.41, 5.74) is -4.27. The number of carbonyl (C=O) groups excluding carboxylic acids is 2. The van der Waals surface area contributed by atoms with Gasteiger partial charge in [0.2, 0.25) is 0 Å². The van der Waals surface area contributed by atoms with E-state index in [4.69, 9.17) is 14.2 Å². The highest BCUT2D eigenvalue weighted by molar-refractivity contribution is 5.97. The van der Waals surface area contributed by atoms with Crippen molar-refractivity contribution < 1.29 is 58.9 Å². The molecule has 0 spiro atoms. The first-order valence-electron chi connectivity index (χ1n) is 14.7. The topological polar surface area (TPSA) is 112 Å². The lowest BCUT2D eigenvalue weighted by molar-refractivity contribution is -0.167. The van der Waals surface area contributed by atoms with E-state index in [1.807, 2.05) is 0 Å². The van der Waals surface area contributed by atoms with E-state index in [2.05, 4.69) is 10.4 Å². The molecule has 1 amide bonds. The standard InChI is InChI=1S/C31H28F8N4O6/c1-42-28(45)24(19(13-40-42)30(34,35)36)18-6-5-15(17-4-3-8-49-26(17)18)10-22(29(46)47-2)41-27(44)25-20(32)11-16(12-21(25)33)43-7-9-48-14-23(43)31(37,38)39/h5-6,11-13,22-23H,3-4,7-10,14H2,1-2H3,(H,41,44)/t22-,23+/m0/s1. The molecule has 0 radical (unpaired) electrons. The molecule has 0 saturated carbocycles. The summed E-state index contributed by atoms with van der Waals surface area (Å²) in [6.45, 7) is -1.15. The molecule has 264 valence electrons. The molecular weight excluding hydrogens is 676 g/mol. The van der Waals surface area contributed by atoms with Crippen molar-refractivity contribution in [1.82, 2.24) is 15.1 Å². The van der Waals surface area contributed by atoms with Crippen molar-refractivity contribution in [2.75, 3.05) is 38.4 Å². The largest absolute Gasteiger partial charge is 0.493 e. The van der Waals surface area contributed by atoms with Gasteiger partial charge in [0.05, 0.1) is 44.3 Å². The molecule has 1 saturated heterocycles. The Labute approximate surface area is 272 Å². The normalized spacial score (nSPS) is 17.2. The van der Waals surface area contributed by atoms with Crippen molar-refractivity contribution in [2.45, 2.75) is 43.7 Å². The Hall–Kier alpha value is -4.74. The first kappa shape index (κ1) is 35.6. The summed E-state index contributed by atoms with van der Waals surface area (Å²) in [4.78, 5) is 39.6. The Bertz CT molecular complexity index is 1800. The van der Waals surface area contributed by atoms with Crippen LogP contribution in [0.25, 0.3) is 11.1 Å². The van der Waals surface area contributed by atoms with Crippen LogP contribution >= 0.6 is 0 Å². The molecule has 2 aliphatic heterocycles. The van der Waals surface area contributed by atoms with Crippen molar-refractivity contribution in [3.05, 3.63) is 74.7 Å². The predicted molar refractivity (Wildman–Crippen MR) is 155 cm³/mol. The molecule has 5 rings (SSSR count). The zero-order chi connectivity index (χ0) is 35.8. The highest BCUT2D eigenvalue weighted by Crippen LogP contribution is 2.42. The van der Waals surface area contributed by atoms with Gasteiger partial charge in [-0.3, -0.25) is 9.59 Å². The van der Waals surface area contributed by atoms with Crippen molar-refractivity contribution in [3.63, 3.8) is 0 Å². The molecule has 3 heterocycles. The number of esters is 1. The van der Waals surface area contributed by atoms with Crippen LogP contribution in [-0.4, -0.2) is 73.4 Å². The Balaban J connectivity index is 1.47. The van der Waals surface area contributed by atoms with Gasteiger partial charge in [-0.1, -0.05) is 12.1 Å². The molecule has 18 heteroatoms. The lowest BCUT2D eigenvalue weighted by atomic mass is 9.89. The van der Waals surface area contributed by atoms with Gasteiger partial charge in [0.15, 0.2) is 0 Å². The molecule has 2 aromatic carbocycles. The summed E-state index contributed by atoms with van der Waals surface area (Å²) in [5.74, 6) is -5.54. The van der Waals surface area contributed by atoms with E-state index in [-0.39, 0.29) is 49.5 Å². The van der Waals surface area contributed by atoms with Crippen molar-refractivity contribution in [1.29, 1.82) is 0 Å². The van der Waals surface area contributed by atoms with E-state index in [9.17, 15) is 40.7 Å².